The first-order valence-corrected chi connectivity index (χ1v) is 8.14. The lowest BCUT2D eigenvalue weighted by molar-refractivity contribution is 0.269. The number of anilines is 2. The van der Waals surface area contributed by atoms with E-state index in [4.69, 9.17) is 0 Å². The molecular weight excluding hydrogens is 258 g/mol. The average Bonchev–Trinajstić information content (AvgIpc) is 2.95. The molecule has 1 saturated carbocycles. The number of nitrogens with one attached hydrogen (secondary N) is 1. The van der Waals surface area contributed by atoms with Crippen LogP contribution < -0.4 is 5.32 Å². The summed E-state index contributed by atoms with van der Waals surface area (Å²) in [5, 5.41) is 3.40. The van der Waals surface area contributed by atoms with Gasteiger partial charge in [0.1, 0.15) is 0 Å². The van der Waals surface area contributed by atoms with Gasteiger partial charge in [-0.25, -0.2) is 4.98 Å². The first kappa shape index (κ1) is 14.2. The minimum absolute atomic E-state index is 0.896. The molecule has 0 bridgehead atoms. The van der Waals surface area contributed by atoms with E-state index in [2.05, 4.69) is 40.1 Å². The van der Waals surface area contributed by atoms with Crippen LogP contribution in [0.5, 0.6) is 0 Å². The molecule has 1 N–H and O–H groups in total. The zero-order chi connectivity index (χ0) is 14.5. The number of para-hydroxylation sites is 1. The molecule has 0 aliphatic heterocycles. The Balaban J connectivity index is 1.56. The highest BCUT2D eigenvalue weighted by atomic mass is 15.2. The maximum absolute atomic E-state index is 4.44. The lowest BCUT2D eigenvalue weighted by atomic mass is 9.81. The first-order chi connectivity index (χ1) is 10.3. The average molecular weight is 283 g/mol. The van der Waals surface area contributed by atoms with Crippen molar-refractivity contribution in [3.8, 4) is 0 Å². The standard InChI is InChI=1S/C18H25N3/c1-15-7-9-16(10-8-15)11-13-21-14-12-19-18(21)20-17-5-3-2-4-6-17/h2-6,12,14-16H,7-11,13H2,1H3,(H,19,20). The topological polar surface area (TPSA) is 29.9 Å². The van der Waals surface area contributed by atoms with Crippen LogP contribution in [0.3, 0.4) is 0 Å². The van der Waals surface area contributed by atoms with Crippen LogP contribution in [0.25, 0.3) is 0 Å². The highest BCUT2D eigenvalue weighted by Crippen LogP contribution is 2.30. The minimum Gasteiger partial charge on any atom is -0.326 e. The third-order valence-corrected chi connectivity index (χ3v) is 4.66. The summed E-state index contributed by atoms with van der Waals surface area (Å²) >= 11 is 0. The molecule has 3 heteroatoms. The highest BCUT2D eigenvalue weighted by Gasteiger charge is 2.18. The van der Waals surface area contributed by atoms with Crippen molar-refractivity contribution in [2.75, 3.05) is 5.32 Å². The first-order valence-electron chi connectivity index (χ1n) is 8.14. The predicted octanol–water partition coefficient (Wildman–Crippen LogP) is 4.84. The van der Waals surface area contributed by atoms with Gasteiger partial charge in [-0.1, -0.05) is 50.8 Å². The fourth-order valence-corrected chi connectivity index (χ4v) is 3.20. The van der Waals surface area contributed by atoms with Crippen LogP contribution in [0.4, 0.5) is 11.6 Å². The second-order valence-electron chi connectivity index (χ2n) is 6.35. The molecule has 1 fully saturated rings. The molecular formula is C18H25N3. The van der Waals surface area contributed by atoms with Crippen LogP contribution in [-0.4, -0.2) is 9.55 Å². The smallest absolute Gasteiger partial charge is 0.207 e. The van der Waals surface area contributed by atoms with E-state index in [0.717, 1.165) is 30.0 Å². The number of benzene rings is 1. The Morgan fingerprint density at radius 1 is 1.14 bits per heavy atom. The van der Waals surface area contributed by atoms with E-state index in [9.17, 15) is 0 Å². The molecule has 112 valence electrons. The van der Waals surface area contributed by atoms with E-state index in [0.29, 0.717) is 0 Å². The molecule has 1 aromatic heterocycles. The molecule has 0 unspecified atom stereocenters. The summed E-state index contributed by atoms with van der Waals surface area (Å²) in [6.07, 6.45) is 10.8. The van der Waals surface area contributed by atoms with Gasteiger partial charge in [0.25, 0.3) is 0 Å². The summed E-state index contributed by atoms with van der Waals surface area (Å²) in [6.45, 7) is 3.45. The maximum Gasteiger partial charge on any atom is 0.207 e. The molecule has 0 amide bonds. The summed E-state index contributed by atoms with van der Waals surface area (Å²) < 4.78 is 2.24. The summed E-state index contributed by atoms with van der Waals surface area (Å²) in [5.74, 6) is 2.78. The zero-order valence-electron chi connectivity index (χ0n) is 12.8. The van der Waals surface area contributed by atoms with E-state index in [1.54, 1.807) is 0 Å². The normalized spacial score (nSPS) is 22.1. The van der Waals surface area contributed by atoms with E-state index >= 15 is 0 Å². The number of rotatable bonds is 5. The molecule has 1 aromatic carbocycles. The van der Waals surface area contributed by atoms with Gasteiger partial charge in [-0.05, 0) is 30.4 Å². The molecule has 3 nitrogen and oxygen atoms in total. The number of aryl methyl sites for hydroxylation is 1. The van der Waals surface area contributed by atoms with E-state index in [1.807, 2.05) is 24.4 Å². The minimum atomic E-state index is 0.896. The van der Waals surface area contributed by atoms with Crippen LogP contribution in [0, 0.1) is 11.8 Å². The Morgan fingerprint density at radius 2 is 1.90 bits per heavy atom. The molecule has 0 atom stereocenters. The molecule has 1 heterocycles. The molecule has 21 heavy (non-hydrogen) atoms. The number of hydrogen-bond donors (Lipinski definition) is 1. The second kappa shape index (κ2) is 6.79. The van der Waals surface area contributed by atoms with Gasteiger partial charge in [-0.3, -0.25) is 0 Å². The van der Waals surface area contributed by atoms with Crippen LogP contribution in [0.1, 0.15) is 39.0 Å². The molecule has 0 spiro atoms. The Kier molecular flexibility index (Phi) is 4.59. The van der Waals surface area contributed by atoms with Crippen molar-refractivity contribution in [1.29, 1.82) is 0 Å². The second-order valence-corrected chi connectivity index (χ2v) is 6.35. The summed E-state index contributed by atoms with van der Waals surface area (Å²) in [6, 6.07) is 10.3. The fourth-order valence-electron chi connectivity index (χ4n) is 3.20. The summed E-state index contributed by atoms with van der Waals surface area (Å²) in [4.78, 5) is 4.44. The van der Waals surface area contributed by atoms with Gasteiger partial charge in [-0.15, -0.1) is 0 Å². The van der Waals surface area contributed by atoms with Crippen molar-refractivity contribution in [3.63, 3.8) is 0 Å². The summed E-state index contributed by atoms with van der Waals surface area (Å²) in [5.41, 5.74) is 1.09. The third kappa shape index (κ3) is 3.87. The van der Waals surface area contributed by atoms with E-state index in [-0.39, 0.29) is 0 Å². The highest BCUT2D eigenvalue weighted by molar-refractivity contribution is 5.52. The van der Waals surface area contributed by atoms with E-state index < -0.39 is 0 Å². The summed E-state index contributed by atoms with van der Waals surface area (Å²) in [7, 11) is 0. The quantitative estimate of drug-likeness (QED) is 0.850. The molecule has 1 aliphatic rings. The maximum atomic E-state index is 4.44. The fraction of sp³-hybridized carbons (Fsp3) is 0.500. The largest absolute Gasteiger partial charge is 0.326 e. The van der Waals surface area contributed by atoms with E-state index in [1.165, 1.54) is 32.1 Å². The zero-order valence-corrected chi connectivity index (χ0v) is 12.8. The van der Waals surface area contributed by atoms with Crippen molar-refractivity contribution in [2.45, 2.75) is 45.6 Å². The van der Waals surface area contributed by atoms with Gasteiger partial charge in [0.15, 0.2) is 0 Å². The molecule has 3 rings (SSSR count). The van der Waals surface area contributed by atoms with Crippen molar-refractivity contribution in [1.82, 2.24) is 9.55 Å². The van der Waals surface area contributed by atoms with Crippen molar-refractivity contribution in [3.05, 3.63) is 42.7 Å². The van der Waals surface area contributed by atoms with Crippen LogP contribution >= 0.6 is 0 Å². The van der Waals surface area contributed by atoms with Gasteiger partial charge in [-0.2, -0.15) is 0 Å². The van der Waals surface area contributed by atoms with Crippen molar-refractivity contribution >= 4 is 11.6 Å². The number of imidazole rings is 1. The Morgan fingerprint density at radius 3 is 2.67 bits per heavy atom. The Labute approximate surface area is 127 Å². The van der Waals surface area contributed by atoms with Crippen LogP contribution in [0.15, 0.2) is 42.7 Å². The lowest BCUT2D eigenvalue weighted by Gasteiger charge is -2.26. The number of hydrogen-bond acceptors (Lipinski definition) is 2. The number of aromatic nitrogens is 2. The van der Waals surface area contributed by atoms with Gasteiger partial charge in [0, 0.05) is 24.6 Å². The molecule has 0 radical (unpaired) electrons. The molecule has 1 aliphatic carbocycles. The van der Waals surface area contributed by atoms with Crippen LogP contribution in [-0.2, 0) is 6.54 Å². The molecule has 0 saturated heterocycles. The third-order valence-electron chi connectivity index (χ3n) is 4.66. The van der Waals surface area contributed by atoms with Gasteiger partial charge >= 0.3 is 0 Å². The Bertz CT molecular complexity index is 539. The SMILES string of the molecule is CC1CCC(CCn2ccnc2Nc2ccccc2)CC1. The van der Waals surface area contributed by atoms with Crippen molar-refractivity contribution < 1.29 is 0 Å². The van der Waals surface area contributed by atoms with Gasteiger partial charge in [0.2, 0.25) is 5.95 Å². The monoisotopic (exact) mass is 283 g/mol. The lowest BCUT2D eigenvalue weighted by Crippen LogP contribution is -2.14. The van der Waals surface area contributed by atoms with Crippen LogP contribution in [0.2, 0.25) is 0 Å². The molecule has 2 aromatic rings. The Hall–Kier alpha value is -1.77. The van der Waals surface area contributed by atoms with Crippen molar-refractivity contribution in [2.24, 2.45) is 11.8 Å². The number of nitrogens with zero attached hydrogens (tertiary/aromatic N) is 2. The van der Waals surface area contributed by atoms with Gasteiger partial charge in [0.05, 0.1) is 0 Å². The predicted molar refractivity (Wildman–Crippen MR) is 87.7 cm³/mol. The van der Waals surface area contributed by atoms with Gasteiger partial charge < -0.3 is 9.88 Å².